The van der Waals surface area contributed by atoms with E-state index in [1.54, 1.807) is 38.1 Å². The second-order valence-electron chi connectivity index (χ2n) is 7.33. The van der Waals surface area contributed by atoms with Crippen LogP contribution in [0.15, 0.2) is 47.2 Å². The van der Waals surface area contributed by atoms with Crippen LogP contribution in [-0.2, 0) is 43.5 Å². The summed E-state index contributed by atoms with van der Waals surface area (Å²) in [6.45, 7) is 3.47. The van der Waals surface area contributed by atoms with Crippen LogP contribution in [0.3, 0.4) is 0 Å². The molecule has 2 aliphatic rings. The molecular formula is C22H23NO8. The highest BCUT2D eigenvalue weighted by molar-refractivity contribution is 6.13. The summed E-state index contributed by atoms with van der Waals surface area (Å²) in [5, 5.41) is 0. The van der Waals surface area contributed by atoms with Crippen molar-refractivity contribution in [2.24, 2.45) is 0 Å². The number of benzene rings is 1. The molecule has 0 radical (unpaired) electrons. The summed E-state index contributed by atoms with van der Waals surface area (Å²) in [5.41, 5.74) is -1.12. The van der Waals surface area contributed by atoms with Crippen LogP contribution in [-0.4, -0.2) is 57.9 Å². The molecule has 164 valence electrons. The summed E-state index contributed by atoms with van der Waals surface area (Å²) in [6, 6.07) is 7.03. The Kier molecular flexibility index (Phi) is 5.39. The summed E-state index contributed by atoms with van der Waals surface area (Å²) >= 11 is 0. The van der Waals surface area contributed by atoms with Crippen LogP contribution in [0.25, 0.3) is 0 Å². The average Bonchev–Trinajstić information content (AvgIpc) is 2.94. The zero-order valence-corrected chi connectivity index (χ0v) is 18.1. The number of rotatable bonds is 5. The molecule has 1 heterocycles. The van der Waals surface area contributed by atoms with Crippen molar-refractivity contribution in [3.63, 3.8) is 0 Å². The Bertz CT molecular complexity index is 1060. The van der Waals surface area contributed by atoms with Crippen molar-refractivity contribution >= 4 is 29.6 Å². The summed E-state index contributed by atoms with van der Waals surface area (Å²) < 4.78 is 19.5. The zero-order chi connectivity index (χ0) is 23.1. The van der Waals surface area contributed by atoms with Gasteiger partial charge in [-0.3, -0.25) is 0 Å². The monoisotopic (exact) mass is 429 g/mol. The van der Waals surface area contributed by atoms with Gasteiger partial charge in [-0.15, -0.1) is 0 Å². The van der Waals surface area contributed by atoms with Gasteiger partial charge in [0.15, 0.2) is 0 Å². The predicted octanol–water partition coefficient (Wildman–Crippen LogP) is 1.41. The quantitative estimate of drug-likeness (QED) is 0.390. The van der Waals surface area contributed by atoms with Gasteiger partial charge in [0.25, 0.3) is 0 Å². The Hall–Kier alpha value is -3.62. The summed E-state index contributed by atoms with van der Waals surface area (Å²) in [5.74, 6) is -3.04. The molecule has 0 N–H and O–H groups in total. The van der Waals surface area contributed by atoms with Crippen molar-refractivity contribution in [3.8, 4) is 0 Å². The first kappa shape index (κ1) is 22.1. The average molecular weight is 429 g/mol. The molecule has 1 aliphatic heterocycles. The van der Waals surface area contributed by atoms with E-state index in [-0.39, 0.29) is 16.8 Å². The van der Waals surface area contributed by atoms with E-state index in [1.807, 2.05) is 0 Å². The SMILES string of the molecule is COC(=O)/C=C(\C(=O)OC)N1c2ccccc2[C@]2(C)C(C(=O)OC)=C(C(=O)OC)[C@]12C. The molecule has 1 aromatic carbocycles. The number of fused-ring (bicyclic) bond motifs is 3. The summed E-state index contributed by atoms with van der Waals surface area (Å²) in [7, 11) is 4.77. The molecule has 31 heavy (non-hydrogen) atoms. The second kappa shape index (κ2) is 7.57. The molecule has 0 bridgehead atoms. The molecule has 0 saturated heterocycles. The van der Waals surface area contributed by atoms with Gasteiger partial charge < -0.3 is 23.8 Å². The van der Waals surface area contributed by atoms with Crippen LogP contribution in [0.1, 0.15) is 19.4 Å². The molecule has 9 heteroatoms. The standard InChI is InChI=1S/C22H23NO8/c1-21-12-9-7-8-10-13(12)23(14(18(25)29-4)11-15(24)28-3)22(21,2)17(20(27)31-6)16(21)19(26)30-5/h7-11H,1-6H3/b14-11+/t21-,22+/m1/s1. The zero-order valence-electron chi connectivity index (χ0n) is 18.1. The van der Waals surface area contributed by atoms with Crippen molar-refractivity contribution in [2.45, 2.75) is 24.8 Å². The minimum Gasteiger partial charge on any atom is -0.466 e. The lowest BCUT2D eigenvalue weighted by Gasteiger charge is -2.55. The van der Waals surface area contributed by atoms with E-state index in [9.17, 15) is 19.2 Å². The molecule has 2 atom stereocenters. The van der Waals surface area contributed by atoms with E-state index < -0.39 is 34.8 Å². The molecule has 0 fully saturated rings. The smallest absolute Gasteiger partial charge is 0.354 e. The number of anilines is 1. The molecule has 0 unspecified atom stereocenters. The number of nitrogens with zero attached hydrogens (tertiary/aromatic N) is 1. The molecular weight excluding hydrogens is 406 g/mol. The van der Waals surface area contributed by atoms with Crippen molar-refractivity contribution in [2.75, 3.05) is 33.3 Å². The van der Waals surface area contributed by atoms with E-state index >= 15 is 0 Å². The fourth-order valence-electron chi connectivity index (χ4n) is 4.66. The number of para-hydroxylation sites is 1. The van der Waals surface area contributed by atoms with Crippen molar-refractivity contribution in [3.05, 3.63) is 52.7 Å². The first-order chi connectivity index (χ1) is 14.6. The lowest BCUT2D eigenvalue weighted by atomic mass is 9.51. The van der Waals surface area contributed by atoms with Crippen LogP contribution in [0, 0.1) is 0 Å². The van der Waals surface area contributed by atoms with E-state index in [1.165, 1.54) is 33.3 Å². The number of carbonyl (C=O) groups excluding carboxylic acids is 4. The number of carbonyl (C=O) groups is 4. The Morgan fingerprint density at radius 1 is 0.839 bits per heavy atom. The highest BCUT2D eigenvalue weighted by atomic mass is 16.5. The maximum absolute atomic E-state index is 12.8. The Morgan fingerprint density at radius 2 is 1.42 bits per heavy atom. The number of hydrogen-bond acceptors (Lipinski definition) is 9. The van der Waals surface area contributed by atoms with Crippen molar-refractivity contribution in [1.82, 2.24) is 0 Å². The van der Waals surface area contributed by atoms with Crippen LogP contribution in [0.4, 0.5) is 5.69 Å². The van der Waals surface area contributed by atoms with Gasteiger partial charge in [0, 0.05) is 5.69 Å². The van der Waals surface area contributed by atoms with Gasteiger partial charge in [0.1, 0.15) is 5.70 Å². The first-order valence-corrected chi connectivity index (χ1v) is 9.34. The van der Waals surface area contributed by atoms with Crippen molar-refractivity contribution < 1.29 is 38.1 Å². The number of hydrogen-bond donors (Lipinski definition) is 0. The molecule has 9 nitrogen and oxygen atoms in total. The van der Waals surface area contributed by atoms with Gasteiger partial charge in [-0.05, 0) is 25.5 Å². The fraction of sp³-hybridized carbons (Fsp3) is 0.364. The Balaban J connectivity index is 2.41. The van der Waals surface area contributed by atoms with Gasteiger partial charge in [0.05, 0.1) is 56.6 Å². The van der Waals surface area contributed by atoms with Gasteiger partial charge in [0.2, 0.25) is 0 Å². The van der Waals surface area contributed by atoms with Gasteiger partial charge in [-0.25, -0.2) is 19.2 Å². The molecule has 0 spiro atoms. The topological polar surface area (TPSA) is 108 Å². The second-order valence-corrected chi connectivity index (χ2v) is 7.33. The van der Waals surface area contributed by atoms with E-state index in [4.69, 9.17) is 18.9 Å². The lowest BCUT2D eigenvalue weighted by Crippen LogP contribution is -2.67. The van der Waals surface area contributed by atoms with E-state index in [2.05, 4.69) is 0 Å². The molecule has 3 rings (SSSR count). The maximum Gasteiger partial charge on any atom is 0.354 e. The molecule has 0 saturated carbocycles. The highest BCUT2D eigenvalue weighted by Gasteiger charge is 2.73. The normalized spacial score (nSPS) is 23.9. The van der Waals surface area contributed by atoms with Crippen LogP contribution < -0.4 is 4.90 Å². The molecule has 1 aliphatic carbocycles. The largest absolute Gasteiger partial charge is 0.466 e. The number of methoxy groups -OCH3 is 4. The number of esters is 4. The third-order valence-electron chi connectivity index (χ3n) is 6.21. The summed E-state index contributed by atoms with van der Waals surface area (Å²) in [4.78, 5) is 51.9. The first-order valence-electron chi connectivity index (χ1n) is 9.34. The molecule has 0 aromatic heterocycles. The Labute approximate surface area is 179 Å². The minimum absolute atomic E-state index is 0.0280. The third-order valence-corrected chi connectivity index (χ3v) is 6.21. The van der Waals surface area contributed by atoms with E-state index in [0.717, 1.165) is 6.08 Å². The lowest BCUT2D eigenvalue weighted by molar-refractivity contribution is -0.143. The maximum atomic E-state index is 12.8. The fourth-order valence-corrected chi connectivity index (χ4v) is 4.66. The van der Waals surface area contributed by atoms with Crippen LogP contribution >= 0.6 is 0 Å². The van der Waals surface area contributed by atoms with Crippen LogP contribution in [0.2, 0.25) is 0 Å². The third kappa shape index (κ3) is 2.69. The van der Waals surface area contributed by atoms with E-state index in [0.29, 0.717) is 11.3 Å². The van der Waals surface area contributed by atoms with Crippen molar-refractivity contribution in [1.29, 1.82) is 0 Å². The Morgan fingerprint density at radius 3 is 1.97 bits per heavy atom. The highest BCUT2D eigenvalue weighted by Crippen LogP contribution is 2.67. The number of ether oxygens (including phenoxy) is 4. The van der Waals surface area contributed by atoms with Gasteiger partial charge in [-0.2, -0.15) is 0 Å². The van der Waals surface area contributed by atoms with Gasteiger partial charge in [-0.1, -0.05) is 18.2 Å². The predicted molar refractivity (Wildman–Crippen MR) is 108 cm³/mol. The minimum atomic E-state index is -1.26. The summed E-state index contributed by atoms with van der Waals surface area (Å²) in [6.07, 6.45) is 0.991. The van der Waals surface area contributed by atoms with Crippen LogP contribution in [0.5, 0.6) is 0 Å². The molecule has 0 amide bonds. The van der Waals surface area contributed by atoms with Gasteiger partial charge >= 0.3 is 23.9 Å². The molecule has 1 aromatic rings.